The van der Waals surface area contributed by atoms with Gasteiger partial charge >= 0.3 is 0 Å². The van der Waals surface area contributed by atoms with Gasteiger partial charge in [0, 0.05) is 24.7 Å². The first-order valence-corrected chi connectivity index (χ1v) is 8.69. The Morgan fingerprint density at radius 2 is 1.74 bits per heavy atom. The van der Waals surface area contributed by atoms with Crippen molar-refractivity contribution in [3.63, 3.8) is 0 Å². The monoisotopic (exact) mass is 264 g/mol. The molecule has 0 aromatic carbocycles. The quantitative estimate of drug-likeness (QED) is 0.817. The minimum absolute atomic E-state index is 0.643. The fourth-order valence-corrected chi connectivity index (χ4v) is 4.87. The lowest BCUT2D eigenvalue weighted by atomic mass is 9.86. The molecule has 2 atom stereocenters. The smallest absolute Gasteiger partial charge is 0.0114 e. The summed E-state index contributed by atoms with van der Waals surface area (Å²) in [6.07, 6.45) is 12.9. The van der Waals surface area contributed by atoms with Gasteiger partial charge in [0.1, 0.15) is 0 Å². The summed E-state index contributed by atoms with van der Waals surface area (Å²) in [6.45, 7) is 7.42. The molecule has 0 aromatic heterocycles. The van der Waals surface area contributed by atoms with E-state index in [0.29, 0.717) is 5.41 Å². The molecule has 3 rings (SSSR count). The molecule has 1 saturated carbocycles. The molecule has 1 aliphatic carbocycles. The van der Waals surface area contributed by atoms with E-state index in [1.54, 1.807) is 0 Å². The van der Waals surface area contributed by atoms with Crippen LogP contribution in [0.5, 0.6) is 0 Å². The number of fused-ring (bicyclic) bond motifs is 2. The Morgan fingerprint density at radius 1 is 1.11 bits per heavy atom. The Labute approximate surface area is 119 Å². The van der Waals surface area contributed by atoms with Crippen molar-refractivity contribution < 1.29 is 0 Å². The number of hydrogen-bond acceptors (Lipinski definition) is 2. The van der Waals surface area contributed by atoms with Gasteiger partial charge in [0.25, 0.3) is 0 Å². The van der Waals surface area contributed by atoms with Crippen molar-refractivity contribution in [2.45, 2.75) is 89.8 Å². The topological polar surface area (TPSA) is 15.3 Å². The summed E-state index contributed by atoms with van der Waals surface area (Å²) in [7, 11) is 0. The minimum Gasteiger partial charge on any atom is -0.314 e. The van der Waals surface area contributed by atoms with Crippen molar-refractivity contribution in [1.29, 1.82) is 0 Å². The summed E-state index contributed by atoms with van der Waals surface area (Å²) in [5.74, 6) is 0. The summed E-state index contributed by atoms with van der Waals surface area (Å²) in [5.41, 5.74) is 0.643. The zero-order valence-electron chi connectivity index (χ0n) is 13.0. The van der Waals surface area contributed by atoms with Crippen LogP contribution in [0.25, 0.3) is 0 Å². The summed E-state index contributed by atoms with van der Waals surface area (Å²) in [5, 5.41) is 3.77. The van der Waals surface area contributed by atoms with Crippen LogP contribution < -0.4 is 5.32 Å². The van der Waals surface area contributed by atoms with Crippen molar-refractivity contribution in [2.24, 2.45) is 5.41 Å². The van der Waals surface area contributed by atoms with Crippen LogP contribution in [0.3, 0.4) is 0 Å². The average Bonchev–Trinajstić information content (AvgIpc) is 2.90. The second-order valence-corrected chi connectivity index (χ2v) is 7.70. The van der Waals surface area contributed by atoms with E-state index in [2.05, 4.69) is 24.1 Å². The molecule has 0 amide bonds. The Morgan fingerprint density at radius 3 is 2.32 bits per heavy atom. The Bertz CT molecular complexity index is 282. The molecular formula is C17H32N2. The van der Waals surface area contributed by atoms with E-state index in [0.717, 1.165) is 18.1 Å². The number of nitrogens with one attached hydrogen (secondary N) is 1. The molecule has 2 aliphatic heterocycles. The molecule has 0 spiro atoms. The van der Waals surface area contributed by atoms with Gasteiger partial charge < -0.3 is 5.32 Å². The van der Waals surface area contributed by atoms with E-state index in [4.69, 9.17) is 0 Å². The van der Waals surface area contributed by atoms with E-state index >= 15 is 0 Å². The maximum atomic E-state index is 3.77. The fraction of sp³-hybridized carbons (Fsp3) is 1.00. The van der Waals surface area contributed by atoms with Crippen LogP contribution in [0.1, 0.15) is 71.6 Å². The molecule has 2 bridgehead atoms. The second kappa shape index (κ2) is 5.73. The first kappa shape index (κ1) is 13.9. The minimum atomic E-state index is 0.643. The lowest BCUT2D eigenvalue weighted by Crippen LogP contribution is -2.51. The molecule has 19 heavy (non-hydrogen) atoms. The van der Waals surface area contributed by atoms with Crippen LogP contribution in [0.2, 0.25) is 0 Å². The molecule has 2 unspecified atom stereocenters. The Kier molecular flexibility index (Phi) is 4.19. The molecule has 0 radical (unpaired) electrons. The maximum absolute atomic E-state index is 3.77. The second-order valence-electron chi connectivity index (χ2n) is 7.70. The standard InChI is InChI=1S/C17H32N2/c1-3-10-18-14-11-15-6-7-16(12-14)19(15)13-17(2)8-4-5-9-17/h14-16,18H,3-13H2,1-2H3. The molecular weight excluding hydrogens is 232 g/mol. The van der Waals surface area contributed by atoms with Crippen molar-refractivity contribution in [3.8, 4) is 0 Å². The molecule has 0 aromatic rings. The van der Waals surface area contributed by atoms with E-state index in [1.807, 2.05) is 0 Å². The van der Waals surface area contributed by atoms with E-state index in [9.17, 15) is 0 Å². The highest BCUT2D eigenvalue weighted by molar-refractivity contribution is 4.99. The third-order valence-corrected chi connectivity index (χ3v) is 5.94. The average molecular weight is 264 g/mol. The van der Waals surface area contributed by atoms with Crippen LogP contribution in [-0.4, -0.2) is 36.1 Å². The number of rotatable bonds is 5. The van der Waals surface area contributed by atoms with Crippen LogP contribution in [0.4, 0.5) is 0 Å². The van der Waals surface area contributed by atoms with Crippen LogP contribution in [0.15, 0.2) is 0 Å². The largest absolute Gasteiger partial charge is 0.314 e. The van der Waals surface area contributed by atoms with Crippen molar-refractivity contribution in [1.82, 2.24) is 10.2 Å². The van der Waals surface area contributed by atoms with Gasteiger partial charge in [-0.3, -0.25) is 4.90 Å². The number of nitrogens with zero attached hydrogens (tertiary/aromatic N) is 1. The third kappa shape index (κ3) is 3.00. The van der Waals surface area contributed by atoms with Gasteiger partial charge in [-0.2, -0.15) is 0 Å². The van der Waals surface area contributed by atoms with E-state index < -0.39 is 0 Å². The highest BCUT2D eigenvalue weighted by atomic mass is 15.2. The molecule has 2 heterocycles. The van der Waals surface area contributed by atoms with Crippen molar-refractivity contribution in [3.05, 3.63) is 0 Å². The van der Waals surface area contributed by atoms with E-state index in [1.165, 1.54) is 70.9 Å². The Hall–Kier alpha value is -0.0800. The first-order chi connectivity index (χ1) is 9.20. The lowest BCUT2D eigenvalue weighted by Gasteiger charge is -2.43. The summed E-state index contributed by atoms with van der Waals surface area (Å²) >= 11 is 0. The molecule has 1 N–H and O–H groups in total. The molecule has 2 saturated heterocycles. The highest BCUT2D eigenvalue weighted by Gasteiger charge is 2.43. The fourth-order valence-electron chi connectivity index (χ4n) is 4.87. The van der Waals surface area contributed by atoms with Crippen LogP contribution in [0, 0.1) is 5.41 Å². The van der Waals surface area contributed by atoms with Crippen molar-refractivity contribution >= 4 is 0 Å². The summed E-state index contributed by atoms with van der Waals surface area (Å²) in [6, 6.07) is 2.60. The normalized spacial score (nSPS) is 37.9. The highest BCUT2D eigenvalue weighted by Crippen LogP contribution is 2.43. The third-order valence-electron chi connectivity index (χ3n) is 5.94. The van der Waals surface area contributed by atoms with Crippen LogP contribution in [-0.2, 0) is 0 Å². The van der Waals surface area contributed by atoms with Gasteiger partial charge in [-0.05, 0) is 56.9 Å². The zero-order chi connectivity index (χ0) is 13.3. The zero-order valence-corrected chi connectivity index (χ0v) is 13.0. The predicted octanol–water partition coefficient (Wildman–Crippen LogP) is 3.56. The van der Waals surface area contributed by atoms with Gasteiger partial charge in [0.15, 0.2) is 0 Å². The molecule has 2 nitrogen and oxygen atoms in total. The van der Waals surface area contributed by atoms with E-state index in [-0.39, 0.29) is 0 Å². The first-order valence-electron chi connectivity index (χ1n) is 8.69. The van der Waals surface area contributed by atoms with Crippen LogP contribution >= 0.6 is 0 Å². The molecule has 110 valence electrons. The SMILES string of the molecule is CCCNC1CC2CCC(C1)N2CC1(C)CCCC1. The van der Waals surface area contributed by atoms with Gasteiger partial charge in [-0.15, -0.1) is 0 Å². The summed E-state index contributed by atoms with van der Waals surface area (Å²) in [4.78, 5) is 2.91. The number of hydrogen-bond donors (Lipinski definition) is 1. The van der Waals surface area contributed by atoms with Gasteiger partial charge in [0.2, 0.25) is 0 Å². The number of piperidine rings is 1. The van der Waals surface area contributed by atoms with Gasteiger partial charge in [-0.1, -0.05) is 26.7 Å². The predicted molar refractivity (Wildman–Crippen MR) is 81.4 cm³/mol. The Balaban J connectivity index is 1.57. The molecule has 3 aliphatic rings. The maximum Gasteiger partial charge on any atom is 0.0114 e. The van der Waals surface area contributed by atoms with Crippen molar-refractivity contribution in [2.75, 3.05) is 13.1 Å². The lowest BCUT2D eigenvalue weighted by molar-refractivity contribution is 0.0693. The van der Waals surface area contributed by atoms with Gasteiger partial charge in [0.05, 0.1) is 0 Å². The van der Waals surface area contributed by atoms with Gasteiger partial charge in [-0.25, -0.2) is 0 Å². The molecule has 3 fully saturated rings. The molecule has 2 heteroatoms. The summed E-state index contributed by atoms with van der Waals surface area (Å²) < 4.78 is 0.